The molecule has 6 aliphatic heterocycles. The molecule has 6 rings (SSSR count). The minimum absolute atomic E-state index is 0.168. The summed E-state index contributed by atoms with van der Waals surface area (Å²) >= 11 is 0. The average molecular weight is 1730 g/mol. The molecule has 0 saturated carbocycles. The van der Waals surface area contributed by atoms with Crippen molar-refractivity contribution in [3.63, 3.8) is 0 Å². The van der Waals surface area contributed by atoms with E-state index in [-0.39, 0.29) is 12.3 Å². The number of aliphatic hydroxyl groups is 18. The fraction of sp³-hybridized carbons (Fsp3) is 0.917. The maximum atomic E-state index is 13.6. The summed E-state index contributed by atoms with van der Waals surface area (Å²) in [7, 11) is 0. The van der Waals surface area contributed by atoms with E-state index in [4.69, 9.17) is 56.8 Å². The Kier molecular flexibility index (Phi) is 51.2. The van der Waals surface area contributed by atoms with E-state index in [1.165, 1.54) is 148 Å². The fourth-order valence-electron chi connectivity index (χ4n) is 16.2. The molecule has 36 nitrogen and oxygen atoms in total. The van der Waals surface area contributed by atoms with Crippen LogP contribution in [0.3, 0.4) is 0 Å². The van der Waals surface area contributed by atoms with E-state index in [0.717, 1.165) is 65.2 Å². The van der Waals surface area contributed by atoms with Crippen molar-refractivity contribution in [2.45, 2.75) is 442 Å². The van der Waals surface area contributed by atoms with Crippen molar-refractivity contribution < 1.29 is 163 Å². The van der Waals surface area contributed by atoms with Crippen LogP contribution in [0.2, 0.25) is 0 Å². The summed E-state index contributed by atoms with van der Waals surface area (Å²) < 4.78 is 71.2. The standard InChI is InChI=1S/C84H151N3O33/c1-5-7-9-11-13-15-17-19-20-21-22-23-24-25-26-27-28-30-32-34-36-38-40-42-60(97)87-52(53(96)41-39-37-35-33-31-29-18-16-14-12-10-8-6-2)49-109-81-71(106)69(104)75(59(48-93)115-81)117-83-72(107)78(66(101)56(45-90)112-83)120-80-62(86-51(4)95)76(64(99)55(44-89)110-80)118-84-73(108)77(65(100)57(46-91)113-84)119-79-61(85-50(3)94)67(102)74(58(47-92)114-79)116-82-70(105)68(103)63(98)54(43-88)111-82/h19-20,39,41,52-59,61-84,88-93,96,98-108H,5-18,21-38,40,42-49H2,1-4H3,(H,85,94)(H,86,95)(H,87,97)/b20-19-,41-39+/t52-,53+,54?,55?,56?,57?,58?,59?,61?,62?,63-,64+,65-,66-,67+,68-,69+,70?,71?,72?,73?,74+,75+,76+,77-,78-,79-,80-,81+,82-,83-,84-/m0/s1. The molecule has 6 saturated heterocycles. The number of aliphatic hydroxyl groups excluding tert-OH is 18. The molecule has 6 heterocycles. The summed E-state index contributed by atoms with van der Waals surface area (Å²) in [6.07, 6.45) is -8.81. The van der Waals surface area contributed by atoms with Gasteiger partial charge in [-0.1, -0.05) is 205 Å². The van der Waals surface area contributed by atoms with Gasteiger partial charge in [-0.2, -0.15) is 0 Å². The van der Waals surface area contributed by atoms with Crippen molar-refractivity contribution in [2.75, 3.05) is 46.2 Å². The number of allylic oxidation sites excluding steroid dienone is 3. The van der Waals surface area contributed by atoms with E-state index < -0.39 is 254 Å². The van der Waals surface area contributed by atoms with Crippen LogP contribution < -0.4 is 16.0 Å². The van der Waals surface area contributed by atoms with Gasteiger partial charge in [0.1, 0.15) is 146 Å². The summed E-state index contributed by atoms with van der Waals surface area (Å²) in [6, 6.07) is -4.71. The number of unbranched alkanes of at least 4 members (excludes halogenated alkanes) is 30. The normalized spacial score (nSPS) is 35.6. The highest BCUT2D eigenvalue weighted by atomic mass is 16.8. The van der Waals surface area contributed by atoms with Crippen LogP contribution in [0.1, 0.15) is 246 Å². The lowest BCUT2D eigenvalue weighted by Crippen LogP contribution is -2.71. The van der Waals surface area contributed by atoms with Crippen LogP contribution in [0.5, 0.6) is 0 Å². The quantitative estimate of drug-likeness (QED) is 0.0291. The smallest absolute Gasteiger partial charge is 0.220 e. The van der Waals surface area contributed by atoms with E-state index in [1.807, 2.05) is 6.08 Å². The number of hydrogen-bond donors (Lipinski definition) is 21. The molecular weight excluding hydrogens is 1580 g/mol. The molecule has 0 spiro atoms. The van der Waals surface area contributed by atoms with Crippen molar-refractivity contribution in [3.8, 4) is 0 Å². The topological polar surface area (TPSA) is 562 Å². The number of carbonyl (C=O) groups excluding carboxylic acids is 3. The third kappa shape index (κ3) is 33.7. The number of carbonyl (C=O) groups is 3. The fourth-order valence-corrected chi connectivity index (χ4v) is 16.2. The highest BCUT2D eigenvalue weighted by molar-refractivity contribution is 5.76. The highest BCUT2D eigenvalue weighted by Crippen LogP contribution is 2.38. The van der Waals surface area contributed by atoms with E-state index in [0.29, 0.717) is 12.8 Å². The predicted octanol–water partition coefficient (Wildman–Crippen LogP) is 0.473. The second-order valence-corrected chi connectivity index (χ2v) is 33.1. The van der Waals surface area contributed by atoms with Gasteiger partial charge in [-0.3, -0.25) is 14.4 Å². The largest absolute Gasteiger partial charge is 0.394 e. The van der Waals surface area contributed by atoms with Crippen LogP contribution >= 0.6 is 0 Å². The zero-order valence-electron chi connectivity index (χ0n) is 70.9. The predicted molar refractivity (Wildman–Crippen MR) is 431 cm³/mol. The number of nitrogens with one attached hydrogen (secondary N) is 3. The lowest BCUT2D eigenvalue weighted by atomic mass is 9.93. The van der Waals surface area contributed by atoms with Crippen LogP contribution in [0.15, 0.2) is 24.3 Å². The van der Waals surface area contributed by atoms with Crippen molar-refractivity contribution in [1.29, 1.82) is 0 Å². The zero-order valence-corrected chi connectivity index (χ0v) is 70.9. The molecule has 3 amide bonds. The average Bonchev–Trinajstić information content (AvgIpc) is 0.766. The summed E-state index contributed by atoms with van der Waals surface area (Å²) in [6.45, 7) is 0.0357. The van der Waals surface area contributed by atoms with Gasteiger partial charge < -0.3 is 165 Å². The van der Waals surface area contributed by atoms with Crippen LogP contribution in [0, 0.1) is 0 Å². The lowest BCUT2D eigenvalue weighted by molar-refractivity contribution is -0.386. The first-order valence-corrected chi connectivity index (χ1v) is 44.6. The number of rotatable bonds is 59. The van der Waals surface area contributed by atoms with Crippen molar-refractivity contribution in [3.05, 3.63) is 24.3 Å². The maximum absolute atomic E-state index is 13.6. The molecule has 32 atom stereocenters. The Morgan fingerprint density at radius 2 is 0.642 bits per heavy atom. The molecule has 0 aliphatic carbocycles. The molecule has 6 fully saturated rings. The Hall–Kier alpha value is -3.31. The summed E-state index contributed by atoms with van der Waals surface area (Å²) in [4.78, 5) is 39.5. The SMILES string of the molecule is CCCCCCCC/C=C\CCCCCCCCCCCCCCCC(=O)N[C@@H](CO[C@@H]1OC(CO)[C@@H](O[C@@H]2OC(CO)[C@H](O)[C@H](O[C@@H]3OC(CO)[C@@H](O)[C@H](O[C@@H]4OC(CO)[C@H](O)[C@H](O[C@@H]5OC(CO)[C@@H](O[C@@H]6OC(CO)[C@H](O)[C@H](O)C6O)[C@H](O)C5NC(C)=O)C4O)C3NC(C)=O)C2O)[C@H](O)C1O)[C@H](O)/C=C/CCCCCCCCCCCCC. The minimum Gasteiger partial charge on any atom is -0.394 e. The summed E-state index contributed by atoms with van der Waals surface area (Å²) in [5, 5.41) is 209. The lowest BCUT2D eigenvalue weighted by Gasteiger charge is -2.51. The van der Waals surface area contributed by atoms with Crippen LogP contribution in [-0.4, -0.2) is 352 Å². The molecular formula is C84H151N3O33. The Balaban J connectivity index is 1.07. The van der Waals surface area contributed by atoms with E-state index >= 15 is 0 Å². The number of ether oxygens (including phenoxy) is 12. The molecule has 0 aromatic carbocycles. The van der Waals surface area contributed by atoms with Gasteiger partial charge in [0.15, 0.2) is 37.7 Å². The number of amides is 3. The third-order valence-corrected chi connectivity index (χ3v) is 23.4. The van der Waals surface area contributed by atoms with Gasteiger partial charge in [0.25, 0.3) is 0 Å². The Morgan fingerprint density at radius 3 is 1.07 bits per heavy atom. The summed E-state index contributed by atoms with van der Waals surface area (Å²) in [5.74, 6) is -2.08. The molecule has 0 aromatic heterocycles. The monoisotopic (exact) mass is 1730 g/mol. The van der Waals surface area contributed by atoms with Crippen molar-refractivity contribution in [2.24, 2.45) is 0 Å². The first kappa shape index (κ1) is 105. The van der Waals surface area contributed by atoms with Gasteiger partial charge in [0.05, 0.1) is 58.4 Å². The van der Waals surface area contributed by atoms with Gasteiger partial charge in [0.2, 0.25) is 17.7 Å². The minimum atomic E-state index is -2.29. The molecule has 120 heavy (non-hydrogen) atoms. The molecule has 0 radical (unpaired) electrons. The Morgan fingerprint density at radius 1 is 0.325 bits per heavy atom. The molecule has 0 bridgehead atoms. The second-order valence-electron chi connectivity index (χ2n) is 33.1. The highest BCUT2D eigenvalue weighted by Gasteiger charge is 2.59. The van der Waals surface area contributed by atoms with Crippen molar-refractivity contribution in [1.82, 2.24) is 16.0 Å². The summed E-state index contributed by atoms with van der Waals surface area (Å²) in [5.41, 5.74) is 0. The van der Waals surface area contributed by atoms with Crippen molar-refractivity contribution >= 4 is 17.7 Å². The third-order valence-electron chi connectivity index (χ3n) is 23.4. The first-order valence-electron chi connectivity index (χ1n) is 44.6. The van der Waals surface area contributed by atoms with Crippen LogP contribution in [-0.2, 0) is 71.2 Å². The number of hydrogen-bond acceptors (Lipinski definition) is 33. The van der Waals surface area contributed by atoms with Gasteiger partial charge in [-0.25, -0.2) is 0 Å². The van der Waals surface area contributed by atoms with Gasteiger partial charge >= 0.3 is 0 Å². The van der Waals surface area contributed by atoms with Gasteiger partial charge in [-0.05, 0) is 44.9 Å². The molecule has 12 unspecified atom stereocenters. The molecule has 36 heteroatoms. The molecule has 0 aromatic rings. The van der Waals surface area contributed by atoms with E-state index in [9.17, 15) is 106 Å². The van der Waals surface area contributed by atoms with Crippen LogP contribution in [0.4, 0.5) is 0 Å². The zero-order chi connectivity index (χ0) is 87.6. The van der Waals surface area contributed by atoms with Gasteiger partial charge in [0, 0.05) is 20.3 Å². The molecule has 700 valence electrons. The maximum Gasteiger partial charge on any atom is 0.220 e. The first-order chi connectivity index (χ1) is 57.8. The Labute approximate surface area is 706 Å². The second kappa shape index (κ2) is 58.2. The molecule has 6 aliphatic rings. The van der Waals surface area contributed by atoms with E-state index in [1.54, 1.807) is 6.08 Å². The Bertz CT molecular complexity index is 2790. The van der Waals surface area contributed by atoms with Gasteiger partial charge in [-0.15, -0.1) is 0 Å². The van der Waals surface area contributed by atoms with Crippen LogP contribution in [0.25, 0.3) is 0 Å². The van der Waals surface area contributed by atoms with E-state index in [2.05, 4.69) is 41.9 Å². The molecule has 21 N–H and O–H groups in total.